The summed E-state index contributed by atoms with van der Waals surface area (Å²) in [6, 6.07) is 7.89. The summed E-state index contributed by atoms with van der Waals surface area (Å²) in [5.74, 6) is -0.865. The number of benzene rings is 2. The van der Waals surface area contributed by atoms with Crippen molar-refractivity contribution in [3.8, 4) is 0 Å². The van der Waals surface area contributed by atoms with Gasteiger partial charge in [0.05, 0.1) is 11.7 Å². The molecule has 0 spiro atoms. The van der Waals surface area contributed by atoms with Gasteiger partial charge >= 0.3 is 0 Å². The highest BCUT2D eigenvalue weighted by molar-refractivity contribution is 9.13. The van der Waals surface area contributed by atoms with Crippen LogP contribution >= 0.6 is 31.9 Å². The third-order valence-electron chi connectivity index (χ3n) is 4.14. The number of hydrogen-bond acceptors (Lipinski definition) is 2. The van der Waals surface area contributed by atoms with Crippen molar-refractivity contribution >= 4 is 43.4 Å². The molecule has 0 aliphatic carbocycles. The smallest absolute Gasteiger partial charge is 0.164 e. The summed E-state index contributed by atoms with van der Waals surface area (Å²) in [7, 11) is 1.85. The molecule has 0 saturated heterocycles. The van der Waals surface area contributed by atoms with E-state index in [1.165, 1.54) is 6.07 Å². The Kier molecular flexibility index (Phi) is 4.56. The molecule has 3 rings (SSSR count). The van der Waals surface area contributed by atoms with Gasteiger partial charge in [0.25, 0.3) is 0 Å². The number of likely N-dealkylation sites (N-methyl/N-ethyl adjacent to an activating group) is 1. The molecule has 0 bridgehead atoms. The quantitative estimate of drug-likeness (QED) is 0.546. The molecule has 2 aromatic carbocycles. The molecule has 120 valence electrons. The standard InChI is InChI=1S/C17H14Br2F2N2/c1-9-22-15-8-13(19)12(18)6-10(15)7-16(23(9)2)11-4-3-5-14(20)17(11)21/h3-6,8,16H,7H2,1-2H3. The second-order valence-electron chi connectivity index (χ2n) is 5.53. The molecule has 1 atom stereocenters. The predicted octanol–water partition coefficient (Wildman–Crippen LogP) is 5.77. The molecule has 1 heterocycles. The number of amidine groups is 1. The monoisotopic (exact) mass is 442 g/mol. The van der Waals surface area contributed by atoms with Gasteiger partial charge < -0.3 is 4.90 Å². The van der Waals surface area contributed by atoms with Crippen molar-refractivity contribution in [3.63, 3.8) is 0 Å². The highest BCUT2D eigenvalue weighted by Crippen LogP contribution is 2.38. The van der Waals surface area contributed by atoms with Crippen molar-refractivity contribution in [1.29, 1.82) is 0 Å². The third kappa shape index (κ3) is 3.06. The van der Waals surface area contributed by atoms with Crippen molar-refractivity contribution in [2.45, 2.75) is 19.4 Å². The number of aliphatic imine (C=N–C) groups is 1. The van der Waals surface area contributed by atoms with Gasteiger partial charge in [0, 0.05) is 21.6 Å². The van der Waals surface area contributed by atoms with E-state index in [0.29, 0.717) is 12.0 Å². The van der Waals surface area contributed by atoms with Gasteiger partial charge in [-0.25, -0.2) is 13.8 Å². The maximum Gasteiger partial charge on any atom is 0.164 e. The van der Waals surface area contributed by atoms with Crippen LogP contribution in [0, 0.1) is 11.6 Å². The Bertz CT molecular complexity index is 805. The normalized spacial score (nSPS) is 17.6. The molecule has 2 aromatic rings. The Hall–Kier alpha value is -1.27. The minimum atomic E-state index is -0.827. The van der Waals surface area contributed by atoms with Crippen molar-refractivity contribution in [2.75, 3.05) is 7.05 Å². The van der Waals surface area contributed by atoms with Crippen LogP contribution in [0.15, 0.2) is 44.3 Å². The van der Waals surface area contributed by atoms with Crippen LogP contribution in [0.2, 0.25) is 0 Å². The first-order valence-electron chi connectivity index (χ1n) is 7.08. The molecule has 0 saturated carbocycles. The summed E-state index contributed by atoms with van der Waals surface area (Å²) in [5.41, 5.74) is 2.16. The van der Waals surface area contributed by atoms with E-state index in [1.807, 2.05) is 31.0 Å². The van der Waals surface area contributed by atoms with Gasteiger partial charge in [0.2, 0.25) is 0 Å². The first kappa shape index (κ1) is 16.6. The zero-order valence-electron chi connectivity index (χ0n) is 12.6. The first-order chi connectivity index (χ1) is 10.9. The van der Waals surface area contributed by atoms with Crippen molar-refractivity contribution < 1.29 is 8.78 Å². The highest BCUT2D eigenvalue weighted by Gasteiger charge is 2.27. The number of rotatable bonds is 1. The molecule has 6 heteroatoms. The van der Waals surface area contributed by atoms with Crippen LogP contribution in [-0.2, 0) is 6.42 Å². The van der Waals surface area contributed by atoms with Crippen molar-refractivity contribution in [2.24, 2.45) is 4.99 Å². The molecular formula is C17H14Br2F2N2. The molecule has 23 heavy (non-hydrogen) atoms. The van der Waals surface area contributed by atoms with E-state index >= 15 is 0 Å². The second-order valence-corrected chi connectivity index (χ2v) is 7.24. The van der Waals surface area contributed by atoms with E-state index in [0.717, 1.165) is 32.1 Å². The lowest BCUT2D eigenvalue weighted by Crippen LogP contribution is -2.30. The number of hydrogen-bond donors (Lipinski definition) is 0. The van der Waals surface area contributed by atoms with Crippen LogP contribution in [0.5, 0.6) is 0 Å². The van der Waals surface area contributed by atoms with Crippen LogP contribution in [0.25, 0.3) is 0 Å². The summed E-state index contributed by atoms with van der Waals surface area (Å²) in [6.07, 6.45) is 0.541. The van der Waals surface area contributed by atoms with E-state index in [-0.39, 0.29) is 6.04 Å². The van der Waals surface area contributed by atoms with Crippen LogP contribution in [0.1, 0.15) is 24.1 Å². The lowest BCUT2D eigenvalue weighted by molar-refractivity contribution is 0.355. The van der Waals surface area contributed by atoms with E-state index in [2.05, 4.69) is 36.9 Å². The largest absolute Gasteiger partial charge is 0.356 e. The number of nitrogens with zero attached hydrogens (tertiary/aromatic N) is 2. The maximum atomic E-state index is 14.3. The van der Waals surface area contributed by atoms with Crippen LogP contribution < -0.4 is 0 Å². The zero-order chi connectivity index (χ0) is 16.7. The lowest BCUT2D eigenvalue weighted by Gasteiger charge is -2.28. The van der Waals surface area contributed by atoms with E-state index in [9.17, 15) is 8.78 Å². The molecular weight excluding hydrogens is 430 g/mol. The second kappa shape index (κ2) is 6.32. The van der Waals surface area contributed by atoms with Gasteiger partial charge in [-0.3, -0.25) is 0 Å². The number of halogens is 4. The molecule has 1 unspecified atom stereocenters. The molecule has 0 radical (unpaired) electrons. The highest BCUT2D eigenvalue weighted by atomic mass is 79.9. The topological polar surface area (TPSA) is 15.6 Å². The van der Waals surface area contributed by atoms with Crippen molar-refractivity contribution in [1.82, 2.24) is 4.90 Å². The Morgan fingerprint density at radius 2 is 1.87 bits per heavy atom. The molecule has 0 fully saturated rings. The molecule has 2 nitrogen and oxygen atoms in total. The van der Waals surface area contributed by atoms with Gasteiger partial charge in [-0.15, -0.1) is 0 Å². The van der Waals surface area contributed by atoms with Gasteiger partial charge in [0.1, 0.15) is 5.84 Å². The first-order valence-corrected chi connectivity index (χ1v) is 8.67. The van der Waals surface area contributed by atoms with E-state index < -0.39 is 11.6 Å². The molecule has 0 aromatic heterocycles. The lowest BCUT2D eigenvalue weighted by atomic mass is 9.96. The summed E-state index contributed by atoms with van der Waals surface area (Å²) < 4.78 is 29.7. The zero-order valence-corrected chi connectivity index (χ0v) is 15.7. The Balaban J connectivity index is 2.14. The van der Waals surface area contributed by atoms with Gasteiger partial charge in [0.15, 0.2) is 11.6 Å². The van der Waals surface area contributed by atoms with E-state index in [4.69, 9.17) is 0 Å². The SMILES string of the molecule is CC1=Nc2cc(Br)c(Br)cc2CC(c2cccc(F)c2F)N1C. The van der Waals surface area contributed by atoms with Gasteiger partial charge in [-0.05, 0) is 69.0 Å². The Morgan fingerprint density at radius 3 is 2.61 bits per heavy atom. The Labute approximate surface area is 150 Å². The fraction of sp³-hybridized carbons (Fsp3) is 0.235. The fourth-order valence-electron chi connectivity index (χ4n) is 2.77. The van der Waals surface area contributed by atoms with Crippen LogP contribution in [-0.4, -0.2) is 17.8 Å². The summed E-state index contributed by atoms with van der Waals surface area (Å²) in [5, 5.41) is 0. The average Bonchev–Trinajstić information content (AvgIpc) is 2.62. The third-order valence-corrected chi connectivity index (χ3v) is 5.98. The molecule has 1 aliphatic rings. The fourth-order valence-corrected chi connectivity index (χ4v) is 3.49. The maximum absolute atomic E-state index is 14.3. The Morgan fingerprint density at radius 1 is 1.17 bits per heavy atom. The van der Waals surface area contributed by atoms with Crippen molar-refractivity contribution in [3.05, 3.63) is 62.0 Å². The molecule has 0 amide bonds. The molecule has 0 N–H and O–H groups in total. The summed E-state index contributed by atoms with van der Waals surface area (Å²) in [4.78, 5) is 6.51. The van der Waals surface area contributed by atoms with Gasteiger partial charge in [-0.1, -0.05) is 12.1 Å². The summed E-state index contributed by atoms with van der Waals surface area (Å²) >= 11 is 6.97. The average molecular weight is 444 g/mol. The summed E-state index contributed by atoms with van der Waals surface area (Å²) in [6.45, 7) is 1.87. The minimum absolute atomic E-state index is 0.316. The molecule has 1 aliphatic heterocycles. The number of fused-ring (bicyclic) bond motifs is 1. The minimum Gasteiger partial charge on any atom is -0.356 e. The predicted molar refractivity (Wildman–Crippen MR) is 95.2 cm³/mol. The van der Waals surface area contributed by atoms with E-state index in [1.54, 1.807) is 6.07 Å². The van der Waals surface area contributed by atoms with Gasteiger partial charge in [-0.2, -0.15) is 0 Å². The van der Waals surface area contributed by atoms with Crippen LogP contribution in [0.4, 0.5) is 14.5 Å². The van der Waals surface area contributed by atoms with Crippen LogP contribution in [0.3, 0.4) is 0 Å².